The minimum atomic E-state index is -4.46. The van der Waals surface area contributed by atoms with Crippen LogP contribution in [0.3, 0.4) is 0 Å². The molecule has 0 aliphatic carbocycles. The Kier molecular flexibility index (Phi) is 6.44. The number of halogens is 3. The van der Waals surface area contributed by atoms with E-state index in [1.807, 2.05) is 4.90 Å². The first-order chi connectivity index (χ1) is 16.1. The fourth-order valence-corrected chi connectivity index (χ4v) is 3.64. The van der Waals surface area contributed by atoms with Crippen LogP contribution in [0.1, 0.15) is 6.42 Å². The molecule has 0 N–H and O–H groups in total. The van der Waals surface area contributed by atoms with Crippen LogP contribution in [0.15, 0.2) is 30.7 Å². The summed E-state index contributed by atoms with van der Waals surface area (Å²) in [4.78, 5) is 42.1. The molecule has 0 spiro atoms. The Hall–Kier alpha value is -3.64. The second kappa shape index (κ2) is 9.31. The maximum Gasteiger partial charge on any atom is 0.422 e. The molecule has 2 aromatic heterocycles. The van der Waals surface area contributed by atoms with E-state index in [4.69, 9.17) is 4.74 Å². The zero-order valence-electron chi connectivity index (χ0n) is 18.5. The summed E-state index contributed by atoms with van der Waals surface area (Å²) in [6, 6.07) is 2.64. The Balaban J connectivity index is 1.30. The molecule has 1 atom stereocenters. The van der Waals surface area contributed by atoms with E-state index in [2.05, 4.69) is 19.7 Å². The lowest BCUT2D eigenvalue weighted by atomic mass is 9.99. The lowest BCUT2D eigenvalue weighted by Crippen LogP contribution is -2.54. The number of rotatable bonds is 7. The number of carbonyl (C=O) groups excluding carboxylic acids is 2. The summed E-state index contributed by atoms with van der Waals surface area (Å²) in [5, 5.41) is 0. The van der Waals surface area contributed by atoms with Crippen LogP contribution in [-0.4, -0.2) is 84.3 Å². The number of carbonyl (C=O) groups is 2. The van der Waals surface area contributed by atoms with Gasteiger partial charge in [-0.15, -0.1) is 0 Å². The second-order valence-corrected chi connectivity index (χ2v) is 8.20. The first-order valence-electron chi connectivity index (χ1n) is 10.5. The SMILES string of the molecule is CN(C)C(=O)C1CN(c2ncc(N3CC[C@H](Oc4ccc(OCC(F)(F)F)nc4)C3=O)cn2)C1. The number of nitrogens with zero attached hydrogens (tertiary/aromatic N) is 6. The Morgan fingerprint density at radius 1 is 1.15 bits per heavy atom. The largest absolute Gasteiger partial charge is 0.479 e. The van der Waals surface area contributed by atoms with Crippen molar-refractivity contribution in [3.8, 4) is 11.6 Å². The van der Waals surface area contributed by atoms with Gasteiger partial charge in [-0.1, -0.05) is 0 Å². The fraction of sp³-hybridized carbons (Fsp3) is 0.476. The molecule has 2 amide bonds. The number of alkyl halides is 3. The maximum absolute atomic E-state index is 12.8. The summed E-state index contributed by atoms with van der Waals surface area (Å²) in [6.45, 7) is 0.0468. The average Bonchev–Trinajstić information content (AvgIpc) is 3.12. The van der Waals surface area contributed by atoms with Gasteiger partial charge in [0.05, 0.1) is 30.2 Å². The fourth-order valence-electron chi connectivity index (χ4n) is 3.64. The summed E-state index contributed by atoms with van der Waals surface area (Å²) in [6.07, 6.45) is -0.498. The predicted molar refractivity (Wildman–Crippen MR) is 114 cm³/mol. The third-order valence-corrected chi connectivity index (χ3v) is 5.42. The lowest BCUT2D eigenvalue weighted by molar-refractivity contribution is -0.154. The van der Waals surface area contributed by atoms with E-state index in [-0.39, 0.29) is 29.4 Å². The molecule has 13 heteroatoms. The zero-order chi connectivity index (χ0) is 24.5. The van der Waals surface area contributed by atoms with E-state index in [9.17, 15) is 22.8 Å². The lowest BCUT2D eigenvalue weighted by Gasteiger charge is -2.39. The highest BCUT2D eigenvalue weighted by Gasteiger charge is 2.37. The first kappa shape index (κ1) is 23.5. The van der Waals surface area contributed by atoms with Crippen molar-refractivity contribution in [3.63, 3.8) is 0 Å². The molecule has 182 valence electrons. The first-order valence-corrected chi connectivity index (χ1v) is 10.5. The van der Waals surface area contributed by atoms with Gasteiger partial charge in [0.1, 0.15) is 5.75 Å². The van der Waals surface area contributed by atoms with Crippen LogP contribution in [0.5, 0.6) is 11.6 Å². The molecule has 0 radical (unpaired) electrons. The van der Waals surface area contributed by atoms with Crippen molar-refractivity contribution in [1.29, 1.82) is 0 Å². The minimum Gasteiger partial charge on any atom is -0.479 e. The number of amides is 2. The van der Waals surface area contributed by atoms with Gasteiger partial charge in [-0.25, -0.2) is 15.0 Å². The van der Waals surface area contributed by atoms with Crippen LogP contribution in [0.25, 0.3) is 0 Å². The Labute approximate surface area is 193 Å². The van der Waals surface area contributed by atoms with Gasteiger partial charge in [-0.2, -0.15) is 13.2 Å². The number of anilines is 2. The molecule has 0 unspecified atom stereocenters. The number of pyridine rings is 1. The molecule has 10 nitrogen and oxygen atoms in total. The number of ether oxygens (including phenoxy) is 2. The monoisotopic (exact) mass is 480 g/mol. The molecule has 0 bridgehead atoms. The van der Waals surface area contributed by atoms with Crippen LogP contribution in [0.4, 0.5) is 24.8 Å². The number of hydrogen-bond donors (Lipinski definition) is 0. The third-order valence-electron chi connectivity index (χ3n) is 5.42. The van der Waals surface area contributed by atoms with Crippen LogP contribution in [0.2, 0.25) is 0 Å². The van der Waals surface area contributed by atoms with Gasteiger partial charge in [-0.3, -0.25) is 9.59 Å². The molecule has 2 saturated heterocycles. The van der Waals surface area contributed by atoms with Gasteiger partial charge in [0, 0.05) is 46.2 Å². The van der Waals surface area contributed by atoms with E-state index in [0.717, 1.165) is 0 Å². The van der Waals surface area contributed by atoms with Gasteiger partial charge in [0.2, 0.25) is 17.7 Å². The van der Waals surface area contributed by atoms with Crippen molar-refractivity contribution in [2.75, 3.05) is 50.1 Å². The predicted octanol–water partition coefficient (Wildman–Crippen LogP) is 1.52. The van der Waals surface area contributed by atoms with Crippen molar-refractivity contribution in [2.24, 2.45) is 5.92 Å². The molecule has 4 rings (SSSR count). The van der Waals surface area contributed by atoms with Crippen molar-refractivity contribution in [1.82, 2.24) is 19.9 Å². The summed E-state index contributed by atoms with van der Waals surface area (Å²) >= 11 is 0. The van der Waals surface area contributed by atoms with Gasteiger partial charge >= 0.3 is 6.18 Å². The molecule has 0 saturated carbocycles. The smallest absolute Gasteiger partial charge is 0.422 e. The molecule has 2 fully saturated rings. The minimum absolute atomic E-state index is 0.0697. The summed E-state index contributed by atoms with van der Waals surface area (Å²) in [7, 11) is 3.44. The Morgan fingerprint density at radius 2 is 1.85 bits per heavy atom. The molecule has 34 heavy (non-hydrogen) atoms. The molecule has 4 heterocycles. The Morgan fingerprint density at radius 3 is 2.44 bits per heavy atom. The molecule has 2 aromatic rings. The van der Waals surface area contributed by atoms with Gasteiger partial charge in [0.15, 0.2) is 12.7 Å². The van der Waals surface area contributed by atoms with Gasteiger partial charge < -0.3 is 24.2 Å². The van der Waals surface area contributed by atoms with E-state index >= 15 is 0 Å². The summed E-state index contributed by atoms with van der Waals surface area (Å²) in [5.41, 5.74) is 0.523. The maximum atomic E-state index is 12.8. The van der Waals surface area contributed by atoms with Crippen LogP contribution in [0, 0.1) is 5.92 Å². The van der Waals surface area contributed by atoms with Crippen molar-refractivity contribution in [2.45, 2.75) is 18.7 Å². The molecule has 2 aliphatic heterocycles. The van der Waals surface area contributed by atoms with Gasteiger partial charge in [-0.05, 0) is 6.07 Å². The van der Waals surface area contributed by atoms with E-state index in [0.29, 0.717) is 37.7 Å². The standard InChI is InChI=1S/C21H23F3N6O4/c1-28(2)18(31)13-10-29(11-13)20-26-7-14(8-27-20)30-6-5-16(19(30)32)34-15-3-4-17(25-9-15)33-12-21(22,23)24/h3-4,7-9,13,16H,5-6,10-12H2,1-2H3/t16-/m0/s1. The van der Waals surface area contributed by atoms with E-state index in [1.54, 1.807) is 31.4 Å². The van der Waals surface area contributed by atoms with Crippen molar-refractivity contribution in [3.05, 3.63) is 30.7 Å². The molecular formula is C21H23F3N6O4. The van der Waals surface area contributed by atoms with Crippen LogP contribution >= 0.6 is 0 Å². The second-order valence-electron chi connectivity index (χ2n) is 8.20. The zero-order valence-corrected chi connectivity index (χ0v) is 18.5. The topological polar surface area (TPSA) is 101 Å². The highest BCUT2D eigenvalue weighted by Crippen LogP contribution is 2.27. The van der Waals surface area contributed by atoms with Crippen molar-refractivity contribution < 1.29 is 32.2 Å². The molecule has 0 aromatic carbocycles. The molecular weight excluding hydrogens is 457 g/mol. The summed E-state index contributed by atoms with van der Waals surface area (Å²) < 4.78 is 46.9. The highest BCUT2D eigenvalue weighted by atomic mass is 19.4. The number of hydrogen-bond acceptors (Lipinski definition) is 8. The third kappa shape index (κ3) is 5.29. The quantitative estimate of drug-likeness (QED) is 0.588. The normalized spacial score (nSPS) is 18.6. The van der Waals surface area contributed by atoms with Gasteiger partial charge in [0.25, 0.3) is 5.91 Å². The van der Waals surface area contributed by atoms with E-state index < -0.39 is 18.9 Å². The van der Waals surface area contributed by atoms with E-state index in [1.165, 1.54) is 23.2 Å². The average molecular weight is 480 g/mol. The molecule has 2 aliphatic rings. The summed E-state index contributed by atoms with van der Waals surface area (Å²) in [5.74, 6) is 0.252. The van der Waals surface area contributed by atoms with Crippen molar-refractivity contribution >= 4 is 23.5 Å². The van der Waals surface area contributed by atoms with Crippen LogP contribution < -0.4 is 19.3 Å². The van der Waals surface area contributed by atoms with Crippen LogP contribution in [-0.2, 0) is 9.59 Å². The number of aromatic nitrogens is 3. The highest BCUT2D eigenvalue weighted by molar-refractivity contribution is 5.98. The Bertz CT molecular complexity index is 1030.